The summed E-state index contributed by atoms with van der Waals surface area (Å²) >= 11 is 0. The number of nitrogens with two attached hydrogens (primary N) is 1. The third-order valence-electron chi connectivity index (χ3n) is 2.36. The van der Waals surface area contributed by atoms with Gasteiger partial charge in [-0.15, -0.1) is 0 Å². The zero-order valence-corrected chi connectivity index (χ0v) is 11.5. The summed E-state index contributed by atoms with van der Waals surface area (Å²) in [5, 5.41) is 5.66. The number of aliphatic imine (C=N–C) groups is 1. The summed E-state index contributed by atoms with van der Waals surface area (Å²) in [4.78, 5) is 15.2. The minimum Gasteiger partial charge on any atom is -0.383 e. The molecule has 106 valence electrons. The van der Waals surface area contributed by atoms with Crippen molar-refractivity contribution in [2.75, 3.05) is 33.4 Å². The molecule has 0 aromatic carbocycles. The second kappa shape index (κ2) is 12.2. The topological polar surface area (TPSA) is 88.7 Å². The van der Waals surface area contributed by atoms with E-state index in [9.17, 15) is 4.79 Å². The van der Waals surface area contributed by atoms with E-state index >= 15 is 0 Å². The third kappa shape index (κ3) is 11.2. The van der Waals surface area contributed by atoms with Gasteiger partial charge < -0.3 is 21.1 Å². The number of amides is 1. The number of ether oxygens (including phenoxy) is 1. The molecule has 6 nitrogen and oxygen atoms in total. The van der Waals surface area contributed by atoms with Crippen molar-refractivity contribution in [2.24, 2.45) is 10.7 Å². The summed E-state index contributed by atoms with van der Waals surface area (Å²) in [5.74, 6) is 0.177. The van der Waals surface area contributed by atoms with Crippen LogP contribution in [-0.2, 0) is 9.53 Å². The van der Waals surface area contributed by atoms with Crippen LogP contribution in [0.3, 0.4) is 0 Å². The molecule has 0 aliphatic heterocycles. The van der Waals surface area contributed by atoms with Gasteiger partial charge in [0.2, 0.25) is 5.91 Å². The van der Waals surface area contributed by atoms with Gasteiger partial charge in [-0.05, 0) is 6.42 Å². The van der Waals surface area contributed by atoms with E-state index in [2.05, 4.69) is 22.5 Å². The van der Waals surface area contributed by atoms with Gasteiger partial charge in [0.15, 0.2) is 5.96 Å². The lowest BCUT2D eigenvalue weighted by atomic mass is 10.2. The molecule has 0 unspecified atom stereocenters. The molecule has 0 spiro atoms. The van der Waals surface area contributed by atoms with Crippen molar-refractivity contribution in [3.8, 4) is 0 Å². The fraction of sp³-hybridized carbons (Fsp3) is 0.833. The maximum atomic E-state index is 11.3. The van der Waals surface area contributed by atoms with Gasteiger partial charge in [-0.3, -0.25) is 4.79 Å². The highest BCUT2D eigenvalue weighted by Crippen LogP contribution is 1.96. The van der Waals surface area contributed by atoms with E-state index in [1.807, 2.05) is 0 Å². The van der Waals surface area contributed by atoms with Crippen molar-refractivity contribution in [1.82, 2.24) is 10.6 Å². The first kappa shape index (κ1) is 16.7. The molecule has 4 N–H and O–H groups in total. The Bertz CT molecular complexity index is 244. The fourth-order valence-electron chi connectivity index (χ4n) is 1.33. The molecule has 0 fully saturated rings. The SMILES string of the molecule is CCCCCCNC(N)=NCC(=O)NCCOC. The Morgan fingerprint density at radius 3 is 2.67 bits per heavy atom. The van der Waals surface area contributed by atoms with E-state index < -0.39 is 0 Å². The molecule has 0 aromatic heterocycles. The zero-order chi connectivity index (χ0) is 13.6. The van der Waals surface area contributed by atoms with E-state index in [0.29, 0.717) is 19.1 Å². The van der Waals surface area contributed by atoms with Crippen LogP contribution in [0.2, 0.25) is 0 Å². The molecule has 0 bridgehead atoms. The van der Waals surface area contributed by atoms with Gasteiger partial charge >= 0.3 is 0 Å². The van der Waals surface area contributed by atoms with E-state index in [1.54, 1.807) is 7.11 Å². The van der Waals surface area contributed by atoms with Gasteiger partial charge in [-0.25, -0.2) is 4.99 Å². The average molecular weight is 258 g/mol. The summed E-state index contributed by atoms with van der Waals surface area (Å²) in [6, 6.07) is 0. The van der Waals surface area contributed by atoms with Crippen LogP contribution in [0, 0.1) is 0 Å². The summed E-state index contributed by atoms with van der Waals surface area (Å²) in [6.45, 7) is 4.03. The van der Waals surface area contributed by atoms with Gasteiger partial charge in [0.1, 0.15) is 6.54 Å². The first-order valence-corrected chi connectivity index (χ1v) is 6.50. The minimum atomic E-state index is -0.150. The lowest BCUT2D eigenvalue weighted by Gasteiger charge is -2.05. The maximum absolute atomic E-state index is 11.3. The molecule has 1 amide bonds. The Kier molecular flexibility index (Phi) is 11.3. The first-order valence-electron chi connectivity index (χ1n) is 6.50. The van der Waals surface area contributed by atoms with E-state index in [0.717, 1.165) is 13.0 Å². The van der Waals surface area contributed by atoms with Crippen molar-refractivity contribution in [2.45, 2.75) is 32.6 Å². The van der Waals surface area contributed by atoms with Crippen molar-refractivity contribution >= 4 is 11.9 Å². The molecule has 0 radical (unpaired) electrons. The van der Waals surface area contributed by atoms with Crippen LogP contribution < -0.4 is 16.4 Å². The smallest absolute Gasteiger partial charge is 0.241 e. The van der Waals surface area contributed by atoms with Crippen molar-refractivity contribution in [3.63, 3.8) is 0 Å². The Balaban J connectivity index is 3.53. The molecule has 0 rings (SSSR count). The zero-order valence-electron chi connectivity index (χ0n) is 11.5. The number of methoxy groups -OCH3 is 1. The lowest BCUT2D eigenvalue weighted by Crippen LogP contribution is -2.35. The molecular formula is C12H26N4O2. The molecule has 0 aliphatic rings. The van der Waals surface area contributed by atoms with Gasteiger partial charge in [-0.2, -0.15) is 0 Å². The normalized spacial score (nSPS) is 11.3. The molecule has 0 aliphatic carbocycles. The van der Waals surface area contributed by atoms with E-state index in [1.165, 1.54) is 19.3 Å². The number of guanidine groups is 1. The number of carbonyl (C=O) groups excluding carboxylic acids is 1. The Labute approximate surface area is 109 Å². The van der Waals surface area contributed by atoms with E-state index in [-0.39, 0.29) is 12.5 Å². The predicted octanol–water partition coefficient (Wildman–Crippen LogP) is 0.234. The number of nitrogens with zero attached hydrogens (tertiary/aromatic N) is 1. The van der Waals surface area contributed by atoms with Crippen molar-refractivity contribution in [1.29, 1.82) is 0 Å². The Morgan fingerprint density at radius 2 is 2.00 bits per heavy atom. The van der Waals surface area contributed by atoms with Crippen LogP contribution in [0.5, 0.6) is 0 Å². The van der Waals surface area contributed by atoms with Gasteiger partial charge in [-0.1, -0.05) is 26.2 Å². The van der Waals surface area contributed by atoms with Gasteiger partial charge in [0, 0.05) is 20.2 Å². The number of unbranched alkanes of at least 4 members (excludes halogenated alkanes) is 3. The molecule has 0 saturated heterocycles. The van der Waals surface area contributed by atoms with Gasteiger partial charge in [0.25, 0.3) is 0 Å². The number of hydrogen-bond acceptors (Lipinski definition) is 3. The average Bonchev–Trinajstić information content (AvgIpc) is 2.36. The third-order valence-corrected chi connectivity index (χ3v) is 2.36. The number of carbonyl (C=O) groups is 1. The highest BCUT2D eigenvalue weighted by Gasteiger charge is 1.99. The number of nitrogens with one attached hydrogen (secondary N) is 2. The maximum Gasteiger partial charge on any atom is 0.241 e. The quantitative estimate of drug-likeness (QED) is 0.297. The largest absolute Gasteiger partial charge is 0.383 e. The van der Waals surface area contributed by atoms with Crippen LogP contribution in [0.15, 0.2) is 4.99 Å². The Morgan fingerprint density at radius 1 is 1.22 bits per heavy atom. The monoisotopic (exact) mass is 258 g/mol. The van der Waals surface area contributed by atoms with Crippen LogP contribution in [0.1, 0.15) is 32.6 Å². The molecule has 0 atom stereocenters. The summed E-state index contributed by atoms with van der Waals surface area (Å²) in [5.41, 5.74) is 5.63. The minimum absolute atomic E-state index is 0.0531. The molecular weight excluding hydrogens is 232 g/mol. The standard InChI is InChI=1S/C12H26N4O2/c1-3-4-5-6-7-15-12(13)16-10-11(17)14-8-9-18-2/h3-10H2,1-2H3,(H,14,17)(H3,13,15,16). The summed E-state index contributed by atoms with van der Waals surface area (Å²) in [7, 11) is 1.59. The van der Waals surface area contributed by atoms with Crippen molar-refractivity contribution in [3.05, 3.63) is 0 Å². The fourth-order valence-corrected chi connectivity index (χ4v) is 1.33. The number of hydrogen-bond donors (Lipinski definition) is 3. The number of rotatable bonds is 10. The summed E-state index contributed by atoms with van der Waals surface area (Å²) < 4.78 is 4.82. The summed E-state index contributed by atoms with van der Waals surface area (Å²) in [6.07, 6.45) is 4.71. The molecule has 0 heterocycles. The first-order chi connectivity index (χ1) is 8.70. The second-order valence-electron chi connectivity index (χ2n) is 4.03. The van der Waals surface area contributed by atoms with Crippen LogP contribution in [0.25, 0.3) is 0 Å². The highest BCUT2D eigenvalue weighted by molar-refractivity contribution is 5.83. The molecule has 6 heteroatoms. The van der Waals surface area contributed by atoms with Crippen LogP contribution in [-0.4, -0.2) is 45.2 Å². The highest BCUT2D eigenvalue weighted by atomic mass is 16.5. The van der Waals surface area contributed by atoms with Gasteiger partial charge in [0.05, 0.1) is 6.61 Å². The molecule has 0 aromatic rings. The molecule has 0 saturated carbocycles. The Hall–Kier alpha value is -1.30. The van der Waals surface area contributed by atoms with Crippen molar-refractivity contribution < 1.29 is 9.53 Å². The molecule has 18 heavy (non-hydrogen) atoms. The van der Waals surface area contributed by atoms with E-state index in [4.69, 9.17) is 10.5 Å². The predicted molar refractivity (Wildman–Crippen MR) is 73.5 cm³/mol. The van der Waals surface area contributed by atoms with Crippen LogP contribution in [0.4, 0.5) is 0 Å². The lowest BCUT2D eigenvalue weighted by molar-refractivity contribution is -0.119. The van der Waals surface area contributed by atoms with Crippen LogP contribution >= 0.6 is 0 Å². The second-order valence-corrected chi connectivity index (χ2v) is 4.03.